The molecule has 0 aliphatic carbocycles. The number of rotatable bonds is 8. The number of benzene rings is 1. The molecule has 0 aromatic heterocycles. The van der Waals surface area contributed by atoms with Crippen LogP contribution in [0.2, 0.25) is 0 Å². The lowest BCUT2D eigenvalue weighted by molar-refractivity contribution is -0.139. The van der Waals surface area contributed by atoms with Gasteiger partial charge in [-0.05, 0) is 18.6 Å². The summed E-state index contributed by atoms with van der Waals surface area (Å²) in [6, 6.07) is 1.47. The van der Waals surface area contributed by atoms with E-state index in [0.29, 0.717) is 12.5 Å². The Morgan fingerprint density at radius 2 is 1.95 bits per heavy atom. The van der Waals surface area contributed by atoms with Crippen LogP contribution in [0.4, 0.5) is 8.78 Å². The molecule has 6 heteroatoms. The van der Waals surface area contributed by atoms with Crippen LogP contribution in [0.1, 0.15) is 49.4 Å². The number of unbranched alkanes of at least 4 members (excludes halogenated alkanes) is 3. The molecule has 0 aliphatic rings. The summed E-state index contributed by atoms with van der Waals surface area (Å²) in [4.78, 5) is 22.9. The summed E-state index contributed by atoms with van der Waals surface area (Å²) in [5.41, 5.74) is -0.365. The summed E-state index contributed by atoms with van der Waals surface area (Å²) in [5.74, 6) is -3.82. The summed E-state index contributed by atoms with van der Waals surface area (Å²) in [6.45, 7) is 2.04. The minimum atomic E-state index is -1.16. The SMILES string of the molecule is CCCCCC[C@H](NC(=O)c1ccc(F)cc1F)C(=O)O. The van der Waals surface area contributed by atoms with Crippen LogP contribution in [0.5, 0.6) is 0 Å². The van der Waals surface area contributed by atoms with Crippen molar-refractivity contribution in [3.05, 3.63) is 35.4 Å². The maximum absolute atomic E-state index is 13.5. The molecule has 0 saturated carbocycles. The van der Waals surface area contributed by atoms with Gasteiger partial charge in [-0.2, -0.15) is 0 Å². The summed E-state index contributed by atoms with van der Waals surface area (Å²) in [6.07, 6.45) is 3.83. The van der Waals surface area contributed by atoms with E-state index in [1.807, 2.05) is 6.92 Å². The molecule has 21 heavy (non-hydrogen) atoms. The lowest BCUT2D eigenvalue weighted by atomic mass is 10.1. The van der Waals surface area contributed by atoms with E-state index in [2.05, 4.69) is 5.32 Å². The number of halogens is 2. The third-order valence-electron chi connectivity index (χ3n) is 3.13. The van der Waals surface area contributed by atoms with Gasteiger partial charge < -0.3 is 10.4 Å². The number of hydrogen-bond acceptors (Lipinski definition) is 2. The molecule has 0 unspecified atom stereocenters. The largest absolute Gasteiger partial charge is 0.480 e. The Balaban J connectivity index is 2.65. The number of carboxylic acid groups (broad SMARTS) is 1. The highest BCUT2D eigenvalue weighted by atomic mass is 19.1. The average molecular weight is 299 g/mol. The van der Waals surface area contributed by atoms with Gasteiger partial charge in [-0.25, -0.2) is 13.6 Å². The molecule has 0 aliphatic heterocycles. The third kappa shape index (κ3) is 5.49. The number of aliphatic carboxylic acids is 1. The van der Waals surface area contributed by atoms with Crippen molar-refractivity contribution in [1.29, 1.82) is 0 Å². The first kappa shape index (κ1) is 17.1. The Hall–Kier alpha value is -1.98. The first-order valence-electron chi connectivity index (χ1n) is 6.94. The minimum Gasteiger partial charge on any atom is -0.480 e. The predicted molar refractivity (Wildman–Crippen MR) is 74.0 cm³/mol. The molecule has 116 valence electrons. The lowest BCUT2D eigenvalue weighted by Gasteiger charge is -2.14. The summed E-state index contributed by atoms with van der Waals surface area (Å²) in [7, 11) is 0. The standard InChI is InChI=1S/C15H19F2NO3/c1-2-3-4-5-6-13(15(20)21)18-14(19)11-8-7-10(16)9-12(11)17/h7-9,13H,2-6H2,1H3,(H,18,19)(H,20,21)/t13-/m0/s1. The van der Waals surface area contributed by atoms with Crippen molar-refractivity contribution in [2.24, 2.45) is 0 Å². The molecule has 0 fully saturated rings. The van der Waals surface area contributed by atoms with E-state index >= 15 is 0 Å². The van der Waals surface area contributed by atoms with Gasteiger partial charge in [-0.3, -0.25) is 4.79 Å². The Kier molecular flexibility index (Phi) is 6.78. The molecule has 0 saturated heterocycles. The minimum absolute atomic E-state index is 0.282. The number of carboxylic acids is 1. The van der Waals surface area contributed by atoms with E-state index in [-0.39, 0.29) is 12.0 Å². The van der Waals surface area contributed by atoms with Crippen molar-refractivity contribution in [3.8, 4) is 0 Å². The van der Waals surface area contributed by atoms with E-state index in [4.69, 9.17) is 5.11 Å². The summed E-state index contributed by atoms with van der Waals surface area (Å²) in [5, 5.41) is 11.3. The van der Waals surface area contributed by atoms with E-state index < -0.39 is 29.6 Å². The maximum atomic E-state index is 13.5. The van der Waals surface area contributed by atoms with Crippen LogP contribution in [0, 0.1) is 11.6 Å². The molecule has 1 rings (SSSR count). The second kappa shape index (κ2) is 8.34. The number of nitrogens with one attached hydrogen (secondary N) is 1. The summed E-state index contributed by atoms with van der Waals surface area (Å²) >= 11 is 0. The number of hydrogen-bond donors (Lipinski definition) is 2. The van der Waals surface area contributed by atoms with Gasteiger partial charge in [0.2, 0.25) is 0 Å². The van der Waals surface area contributed by atoms with Gasteiger partial charge in [-0.15, -0.1) is 0 Å². The number of carbonyl (C=O) groups excluding carboxylic acids is 1. The molecule has 0 radical (unpaired) electrons. The van der Waals surface area contributed by atoms with Crippen LogP contribution in [0.3, 0.4) is 0 Å². The van der Waals surface area contributed by atoms with Crippen molar-refractivity contribution in [1.82, 2.24) is 5.32 Å². The molecular weight excluding hydrogens is 280 g/mol. The fraction of sp³-hybridized carbons (Fsp3) is 0.467. The lowest BCUT2D eigenvalue weighted by Crippen LogP contribution is -2.41. The molecule has 2 N–H and O–H groups in total. The Morgan fingerprint density at radius 3 is 2.52 bits per heavy atom. The van der Waals surface area contributed by atoms with Crippen LogP contribution >= 0.6 is 0 Å². The first-order chi connectivity index (χ1) is 9.95. The van der Waals surface area contributed by atoms with E-state index in [9.17, 15) is 18.4 Å². The Bertz CT molecular complexity index is 506. The van der Waals surface area contributed by atoms with Crippen LogP contribution in [0.15, 0.2) is 18.2 Å². The third-order valence-corrected chi connectivity index (χ3v) is 3.13. The van der Waals surface area contributed by atoms with Crippen LogP contribution in [0.25, 0.3) is 0 Å². The van der Waals surface area contributed by atoms with Crippen molar-refractivity contribution in [2.75, 3.05) is 0 Å². The molecular formula is C15H19F2NO3. The van der Waals surface area contributed by atoms with Gasteiger partial charge in [-0.1, -0.05) is 32.6 Å². The predicted octanol–water partition coefficient (Wildman–Crippen LogP) is 3.12. The second-order valence-corrected chi connectivity index (χ2v) is 4.84. The molecule has 0 bridgehead atoms. The zero-order valence-electron chi connectivity index (χ0n) is 11.9. The monoisotopic (exact) mass is 299 g/mol. The first-order valence-corrected chi connectivity index (χ1v) is 6.94. The molecule has 1 atom stereocenters. The maximum Gasteiger partial charge on any atom is 0.326 e. The molecule has 1 aromatic carbocycles. The Morgan fingerprint density at radius 1 is 1.24 bits per heavy atom. The smallest absolute Gasteiger partial charge is 0.326 e. The number of carbonyl (C=O) groups is 2. The van der Waals surface area contributed by atoms with Gasteiger partial charge >= 0.3 is 5.97 Å². The molecule has 4 nitrogen and oxygen atoms in total. The molecule has 1 amide bonds. The zero-order valence-corrected chi connectivity index (χ0v) is 11.9. The van der Waals surface area contributed by atoms with E-state index in [1.54, 1.807) is 0 Å². The number of amides is 1. The van der Waals surface area contributed by atoms with Crippen LogP contribution < -0.4 is 5.32 Å². The van der Waals surface area contributed by atoms with Crippen molar-refractivity contribution >= 4 is 11.9 Å². The van der Waals surface area contributed by atoms with Crippen molar-refractivity contribution in [3.63, 3.8) is 0 Å². The van der Waals surface area contributed by atoms with Gasteiger partial charge in [0.1, 0.15) is 17.7 Å². The quantitative estimate of drug-likeness (QED) is 0.725. The second-order valence-electron chi connectivity index (χ2n) is 4.84. The highest BCUT2D eigenvalue weighted by Gasteiger charge is 2.22. The molecule has 1 aromatic rings. The zero-order chi connectivity index (χ0) is 15.8. The van der Waals surface area contributed by atoms with Crippen molar-refractivity contribution < 1.29 is 23.5 Å². The van der Waals surface area contributed by atoms with Crippen LogP contribution in [-0.4, -0.2) is 23.0 Å². The van der Waals surface area contributed by atoms with E-state index in [0.717, 1.165) is 31.4 Å². The highest BCUT2D eigenvalue weighted by molar-refractivity contribution is 5.96. The average Bonchev–Trinajstić information content (AvgIpc) is 2.41. The molecule has 0 heterocycles. The summed E-state index contributed by atoms with van der Waals surface area (Å²) < 4.78 is 26.2. The van der Waals surface area contributed by atoms with Gasteiger partial charge in [0, 0.05) is 6.07 Å². The topological polar surface area (TPSA) is 66.4 Å². The van der Waals surface area contributed by atoms with Gasteiger partial charge in [0.15, 0.2) is 0 Å². The van der Waals surface area contributed by atoms with Gasteiger partial charge in [0.05, 0.1) is 5.56 Å². The van der Waals surface area contributed by atoms with Crippen molar-refractivity contribution in [2.45, 2.75) is 45.1 Å². The normalized spacial score (nSPS) is 12.0. The Labute approximate surface area is 122 Å². The molecule has 0 spiro atoms. The van der Waals surface area contributed by atoms with E-state index in [1.165, 1.54) is 0 Å². The fourth-order valence-corrected chi connectivity index (χ4v) is 1.94. The highest BCUT2D eigenvalue weighted by Crippen LogP contribution is 2.11. The van der Waals surface area contributed by atoms with Gasteiger partial charge in [0.25, 0.3) is 5.91 Å². The van der Waals surface area contributed by atoms with Crippen LogP contribution in [-0.2, 0) is 4.79 Å². The fourth-order valence-electron chi connectivity index (χ4n) is 1.94.